The number of rotatable bonds is 6. The van der Waals surface area contributed by atoms with Crippen molar-refractivity contribution in [2.75, 3.05) is 13.2 Å². The second-order valence-corrected chi connectivity index (χ2v) is 6.76. The highest BCUT2D eigenvalue weighted by Gasteiger charge is 2.22. The Morgan fingerprint density at radius 1 is 1.33 bits per heavy atom. The van der Waals surface area contributed by atoms with E-state index in [0.29, 0.717) is 30.3 Å². The van der Waals surface area contributed by atoms with Crippen molar-refractivity contribution in [3.05, 3.63) is 55.8 Å². The van der Waals surface area contributed by atoms with Gasteiger partial charge in [0.05, 0.1) is 11.8 Å². The van der Waals surface area contributed by atoms with Crippen LogP contribution >= 0.6 is 11.6 Å². The number of hydrogen-bond donors (Lipinski definition) is 1. The number of amides is 1. The zero-order valence-corrected chi connectivity index (χ0v) is 15.7. The molecule has 1 amide bonds. The van der Waals surface area contributed by atoms with E-state index < -0.39 is 17.2 Å². The van der Waals surface area contributed by atoms with Crippen molar-refractivity contribution in [2.45, 2.75) is 38.8 Å². The summed E-state index contributed by atoms with van der Waals surface area (Å²) in [5, 5.41) is 7.22. The van der Waals surface area contributed by atoms with E-state index in [1.165, 1.54) is 0 Å². The predicted octanol–water partition coefficient (Wildman–Crippen LogP) is 1.37. The number of benzene rings is 1. The minimum atomic E-state index is -0.697. The fourth-order valence-corrected chi connectivity index (χ4v) is 3.05. The van der Waals surface area contributed by atoms with Gasteiger partial charge < -0.3 is 10.1 Å². The number of carbonyl (C=O) groups is 1. The summed E-state index contributed by atoms with van der Waals surface area (Å²) in [6.45, 7) is 3.01. The van der Waals surface area contributed by atoms with Crippen molar-refractivity contribution < 1.29 is 9.53 Å². The second kappa shape index (κ2) is 8.49. The lowest BCUT2D eigenvalue weighted by Gasteiger charge is -2.13. The first kappa shape index (κ1) is 19.3. The summed E-state index contributed by atoms with van der Waals surface area (Å²) in [5.41, 5.74) is -1.20. The van der Waals surface area contributed by atoms with Crippen molar-refractivity contribution in [1.82, 2.24) is 19.7 Å². The van der Waals surface area contributed by atoms with Gasteiger partial charge in [0.2, 0.25) is 5.69 Å². The van der Waals surface area contributed by atoms with Gasteiger partial charge >= 0.3 is 5.69 Å². The largest absolute Gasteiger partial charge is 0.376 e. The lowest BCUT2D eigenvalue weighted by Crippen LogP contribution is -2.46. The van der Waals surface area contributed by atoms with Crippen LogP contribution < -0.4 is 16.6 Å². The summed E-state index contributed by atoms with van der Waals surface area (Å²) >= 11 is 5.89. The fraction of sp³-hybridized carbons (Fsp3) is 0.444. The maximum atomic E-state index is 12.7. The number of halogens is 1. The zero-order valence-electron chi connectivity index (χ0n) is 15.0. The molecule has 1 fully saturated rings. The Kier molecular flexibility index (Phi) is 6.08. The van der Waals surface area contributed by atoms with E-state index in [0.717, 1.165) is 22.1 Å². The summed E-state index contributed by atoms with van der Waals surface area (Å²) in [4.78, 5) is 37.9. The molecule has 1 atom stereocenters. The molecule has 1 aliphatic rings. The van der Waals surface area contributed by atoms with Gasteiger partial charge in [0.25, 0.3) is 11.5 Å². The maximum absolute atomic E-state index is 12.7. The van der Waals surface area contributed by atoms with Gasteiger partial charge in [-0.05, 0) is 43.5 Å². The normalized spacial score (nSPS) is 16.4. The van der Waals surface area contributed by atoms with Gasteiger partial charge in [0, 0.05) is 24.7 Å². The number of carbonyl (C=O) groups excluding carboxylic acids is 1. The maximum Gasteiger partial charge on any atom is 0.352 e. The smallest absolute Gasteiger partial charge is 0.352 e. The third-order valence-corrected chi connectivity index (χ3v) is 4.56. The monoisotopic (exact) mass is 392 g/mol. The number of aromatic nitrogens is 3. The first-order chi connectivity index (χ1) is 13.0. The Morgan fingerprint density at radius 2 is 2.07 bits per heavy atom. The van der Waals surface area contributed by atoms with E-state index in [-0.39, 0.29) is 18.3 Å². The third kappa shape index (κ3) is 4.28. The molecular weight excluding hydrogens is 372 g/mol. The average molecular weight is 393 g/mol. The van der Waals surface area contributed by atoms with Crippen molar-refractivity contribution >= 4 is 17.5 Å². The Labute approximate surface area is 160 Å². The molecule has 8 nitrogen and oxygen atoms in total. The standard InChI is InChI=1S/C18H21ClN4O4/c1-2-9-22-17(25)15(16(24)20-11-14-4-3-10-27-14)21-23(18(22)26)13-7-5-12(19)6-8-13/h5-8,14H,2-4,9-11H2,1H3,(H,20,24)/t14-/m1/s1. The lowest BCUT2D eigenvalue weighted by atomic mass is 10.2. The summed E-state index contributed by atoms with van der Waals surface area (Å²) in [6.07, 6.45) is 2.31. The zero-order chi connectivity index (χ0) is 19.4. The first-order valence-electron chi connectivity index (χ1n) is 8.91. The molecular formula is C18H21ClN4O4. The van der Waals surface area contributed by atoms with Crippen molar-refractivity contribution in [1.29, 1.82) is 0 Å². The molecule has 1 aromatic carbocycles. The van der Waals surface area contributed by atoms with Crippen LogP contribution in [-0.2, 0) is 11.3 Å². The van der Waals surface area contributed by atoms with Crippen LogP contribution in [0, 0.1) is 0 Å². The van der Waals surface area contributed by atoms with E-state index >= 15 is 0 Å². The third-order valence-electron chi connectivity index (χ3n) is 4.31. The molecule has 0 spiro atoms. The molecule has 0 radical (unpaired) electrons. The summed E-state index contributed by atoms with van der Waals surface area (Å²) in [6, 6.07) is 6.42. The molecule has 3 rings (SSSR count). The molecule has 2 aromatic rings. The van der Waals surface area contributed by atoms with E-state index in [1.807, 2.05) is 6.92 Å². The molecule has 1 N–H and O–H groups in total. The lowest BCUT2D eigenvalue weighted by molar-refractivity contribution is 0.0849. The molecule has 144 valence electrons. The molecule has 1 saturated heterocycles. The molecule has 1 aromatic heterocycles. The number of nitrogens with one attached hydrogen (secondary N) is 1. The van der Waals surface area contributed by atoms with Gasteiger partial charge in [-0.3, -0.25) is 14.2 Å². The topological polar surface area (TPSA) is 95.2 Å². The Bertz CT molecular complexity index is 930. The Hall–Kier alpha value is -2.45. The van der Waals surface area contributed by atoms with Gasteiger partial charge in [-0.25, -0.2) is 4.79 Å². The van der Waals surface area contributed by atoms with Crippen LogP contribution in [0.5, 0.6) is 0 Å². The minimum absolute atomic E-state index is 0.0611. The summed E-state index contributed by atoms with van der Waals surface area (Å²) in [7, 11) is 0. The Morgan fingerprint density at radius 3 is 2.70 bits per heavy atom. The van der Waals surface area contributed by atoms with Crippen LogP contribution in [0.2, 0.25) is 5.02 Å². The van der Waals surface area contributed by atoms with Crippen molar-refractivity contribution in [2.24, 2.45) is 0 Å². The number of hydrogen-bond acceptors (Lipinski definition) is 5. The van der Waals surface area contributed by atoms with Crippen LogP contribution in [0.15, 0.2) is 33.9 Å². The molecule has 0 unspecified atom stereocenters. The quantitative estimate of drug-likeness (QED) is 0.801. The van der Waals surface area contributed by atoms with Crippen molar-refractivity contribution in [3.8, 4) is 5.69 Å². The number of ether oxygens (including phenoxy) is 1. The fourth-order valence-electron chi connectivity index (χ4n) is 2.92. The SMILES string of the molecule is CCCn1c(=O)c(C(=O)NC[C@H]2CCCO2)nn(-c2ccc(Cl)cc2)c1=O. The minimum Gasteiger partial charge on any atom is -0.376 e. The molecule has 0 aliphatic carbocycles. The van der Waals surface area contributed by atoms with Gasteiger partial charge in [0.15, 0.2) is 0 Å². The highest BCUT2D eigenvalue weighted by Crippen LogP contribution is 2.12. The molecule has 0 bridgehead atoms. The molecule has 27 heavy (non-hydrogen) atoms. The van der Waals surface area contributed by atoms with Gasteiger partial charge in [-0.15, -0.1) is 0 Å². The van der Waals surface area contributed by atoms with Gasteiger partial charge in [-0.2, -0.15) is 9.78 Å². The van der Waals surface area contributed by atoms with E-state index in [9.17, 15) is 14.4 Å². The summed E-state index contributed by atoms with van der Waals surface area (Å²) in [5.74, 6) is -0.622. The van der Waals surface area contributed by atoms with Gasteiger partial charge in [-0.1, -0.05) is 18.5 Å². The molecule has 9 heteroatoms. The van der Waals surface area contributed by atoms with Crippen LogP contribution in [0.25, 0.3) is 5.69 Å². The van der Waals surface area contributed by atoms with Crippen LogP contribution in [-0.4, -0.2) is 39.5 Å². The van der Waals surface area contributed by atoms with Crippen molar-refractivity contribution in [3.63, 3.8) is 0 Å². The van der Waals surface area contributed by atoms with Crippen LogP contribution in [0.4, 0.5) is 0 Å². The Balaban J connectivity index is 1.99. The van der Waals surface area contributed by atoms with E-state index in [1.54, 1.807) is 24.3 Å². The van der Waals surface area contributed by atoms with Gasteiger partial charge in [0.1, 0.15) is 0 Å². The highest BCUT2D eigenvalue weighted by molar-refractivity contribution is 6.30. The summed E-state index contributed by atoms with van der Waals surface area (Å²) < 4.78 is 7.55. The highest BCUT2D eigenvalue weighted by atomic mass is 35.5. The first-order valence-corrected chi connectivity index (χ1v) is 9.29. The number of nitrogens with zero attached hydrogens (tertiary/aromatic N) is 3. The van der Waals surface area contributed by atoms with Crippen LogP contribution in [0.1, 0.15) is 36.7 Å². The van der Waals surface area contributed by atoms with E-state index in [2.05, 4.69) is 10.4 Å². The average Bonchev–Trinajstić information content (AvgIpc) is 3.18. The molecule has 0 saturated carbocycles. The molecule has 1 aliphatic heterocycles. The van der Waals surface area contributed by atoms with Crippen LogP contribution in [0.3, 0.4) is 0 Å². The second-order valence-electron chi connectivity index (χ2n) is 6.32. The predicted molar refractivity (Wildman–Crippen MR) is 101 cm³/mol. The molecule has 2 heterocycles. The van der Waals surface area contributed by atoms with E-state index in [4.69, 9.17) is 16.3 Å².